The second-order valence-electron chi connectivity index (χ2n) is 5.74. The first kappa shape index (κ1) is 16.6. The van der Waals surface area contributed by atoms with Gasteiger partial charge in [0, 0.05) is 11.4 Å². The zero-order chi connectivity index (χ0) is 16.8. The number of rotatable bonds is 6. The summed E-state index contributed by atoms with van der Waals surface area (Å²) in [5, 5.41) is 5.34. The Bertz CT molecular complexity index is 816. The third kappa shape index (κ3) is 4.18. The summed E-state index contributed by atoms with van der Waals surface area (Å²) in [6.45, 7) is 2.06. The monoisotopic (exact) mass is 335 g/mol. The molecule has 1 N–H and O–H groups in total. The molecule has 0 aliphatic rings. The molecule has 0 saturated heterocycles. The highest BCUT2D eigenvalue weighted by molar-refractivity contribution is 7.99. The maximum Gasteiger partial charge on any atom is 0.237 e. The Morgan fingerprint density at radius 2 is 1.67 bits per heavy atom. The van der Waals surface area contributed by atoms with Gasteiger partial charge in [0.05, 0.1) is 5.25 Å². The van der Waals surface area contributed by atoms with Crippen molar-refractivity contribution in [1.29, 1.82) is 0 Å². The zero-order valence-electron chi connectivity index (χ0n) is 13.7. The molecule has 1 unspecified atom stereocenters. The highest BCUT2D eigenvalue weighted by Crippen LogP contribution is 2.23. The van der Waals surface area contributed by atoms with Gasteiger partial charge in [-0.05, 0) is 34.9 Å². The second-order valence-corrected chi connectivity index (χ2v) is 6.94. The summed E-state index contributed by atoms with van der Waals surface area (Å²) < 4.78 is 0. The zero-order valence-corrected chi connectivity index (χ0v) is 14.6. The van der Waals surface area contributed by atoms with Crippen LogP contribution in [0.5, 0.6) is 0 Å². The van der Waals surface area contributed by atoms with Gasteiger partial charge in [0.2, 0.25) is 5.91 Å². The van der Waals surface area contributed by atoms with Crippen LogP contribution in [-0.4, -0.2) is 11.2 Å². The van der Waals surface area contributed by atoms with Crippen LogP contribution in [0.15, 0.2) is 72.8 Å². The van der Waals surface area contributed by atoms with Crippen molar-refractivity contribution in [3.63, 3.8) is 0 Å². The first-order valence-corrected chi connectivity index (χ1v) is 9.26. The van der Waals surface area contributed by atoms with Gasteiger partial charge in [-0.3, -0.25) is 4.79 Å². The maximum atomic E-state index is 12.6. The Labute approximate surface area is 147 Å². The molecular formula is C21H21NOS. The minimum absolute atomic E-state index is 0.0447. The van der Waals surface area contributed by atoms with Gasteiger partial charge in [-0.2, -0.15) is 0 Å². The third-order valence-electron chi connectivity index (χ3n) is 3.97. The number of benzene rings is 3. The Morgan fingerprint density at radius 3 is 2.42 bits per heavy atom. The predicted octanol–water partition coefficient (Wildman–Crippen LogP) is 5.49. The first-order chi connectivity index (χ1) is 11.8. The van der Waals surface area contributed by atoms with E-state index >= 15 is 0 Å². The molecule has 3 rings (SSSR count). The normalized spacial score (nSPS) is 12.0. The minimum Gasteiger partial charge on any atom is -0.325 e. The summed E-state index contributed by atoms with van der Waals surface area (Å²) in [5.41, 5.74) is 2.11. The van der Waals surface area contributed by atoms with E-state index in [1.807, 2.05) is 48.5 Å². The van der Waals surface area contributed by atoms with Crippen molar-refractivity contribution in [2.24, 2.45) is 0 Å². The molecule has 1 amide bonds. The molecule has 0 aliphatic heterocycles. The number of carbonyl (C=O) groups is 1. The van der Waals surface area contributed by atoms with Gasteiger partial charge in [-0.1, -0.05) is 67.6 Å². The lowest BCUT2D eigenvalue weighted by atomic mass is 10.1. The van der Waals surface area contributed by atoms with Crippen molar-refractivity contribution in [3.8, 4) is 0 Å². The van der Waals surface area contributed by atoms with Gasteiger partial charge in [0.15, 0.2) is 0 Å². The Hall–Kier alpha value is -2.26. The summed E-state index contributed by atoms with van der Waals surface area (Å²) in [6.07, 6.45) is 0.816. The molecule has 0 fully saturated rings. The molecule has 0 aromatic heterocycles. The van der Waals surface area contributed by atoms with Crippen molar-refractivity contribution in [2.45, 2.75) is 24.3 Å². The Kier molecular flexibility index (Phi) is 5.55. The molecule has 1 atom stereocenters. The molecule has 0 aliphatic carbocycles. The van der Waals surface area contributed by atoms with Gasteiger partial charge >= 0.3 is 0 Å². The molecule has 0 saturated carbocycles. The van der Waals surface area contributed by atoms with Crippen molar-refractivity contribution in [2.75, 3.05) is 5.32 Å². The number of fused-ring (bicyclic) bond motifs is 1. The van der Waals surface area contributed by atoms with E-state index in [0.29, 0.717) is 0 Å². The SMILES string of the molecule is CCC(SCc1ccccc1)C(=O)Nc1ccc2ccccc2c1. The molecule has 0 heterocycles. The number of anilines is 1. The molecule has 122 valence electrons. The van der Waals surface area contributed by atoms with Crippen LogP contribution >= 0.6 is 11.8 Å². The van der Waals surface area contributed by atoms with Crippen LogP contribution in [0.4, 0.5) is 5.69 Å². The lowest BCUT2D eigenvalue weighted by Gasteiger charge is -2.15. The highest BCUT2D eigenvalue weighted by Gasteiger charge is 2.17. The van der Waals surface area contributed by atoms with Crippen LogP contribution in [0, 0.1) is 0 Å². The van der Waals surface area contributed by atoms with E-state index < -0.39 is 0 Å². The lowest BCUT2D eigenvalue weighted by Crippen LogP contribution is -2.24. The Morgan fingerprint density at radius 1 is 0.958 bits per heavy atom. The second kappa shape index (κ2) is 8.02. The van der Waals surface area contributed by atoms with Gasteiger partial charge in [-0.15, -0.1) is 11.8 Å². The molecule has 0 bridgehead atoms. The van der Waals surface area contributed by atoms with Crippen LogP contribution < -0.4 is 5.32 Å². The summed E-state index contributed by atoms with van der Waals surface area (Å²) in [6, 6.07) is 24.5. The number of hydrogen-bond acceptors (Lipinski definition) is 2. The smallest absolute Gasteiger partial charge is 0.237 e. The van der Waals surface area contributed by atoms with Gasteiger partial charge < -0.3 is 5.32 Å². The van der Waals surface area contributed by atoms with Crippen molar-refractivity contribution in [3.05, 3.63) is 78.4 Å². The van der Waals surface area contributed by atoms with Crippen LogP contribution in [-0.2, 0) is 10.5 Å². The van der Waals surface area contributed by atoms with E-state index in [2.05, 4.69) is 36.5 Å². The van der Waals surface area contributed by atoms with Crippen molar-refractivity contribution >= 4 is 34.1 Å². The fourth-order valence-electron chi connectivity index (χ4n) is 2.64. The number of carbonyl (C=O) groups excluding carboxylic acids is 1. The lowest BCUT2D eigenvalue weighted by molar-refractivity contribution is -0.115. The van der Waals surface area contributed by atoms with E-state index in [1.165, 1.54) is 10.9 Å². The third-order valence-corrected chi connectivity index (χ3v) is 5.42. The van der Waals surface area contributed by atoms with Crippen LogP contribution in [0.1, 0.15) is 18.9 Å². The molecule has 0 spiro atoms. The highest BCUT2D eigenvalue weighted by atomic mass is 32.2. The van der Waals surface area contributed by atoms with Crippen LogP contribution in [0.2, 0.25) is 0 Å². The van der Waals surface area contributed by atoms with Crippen LogP contribution in [0.3, 0.4) is 0 Å². The number of nitrogens with one attached hydrogen (secondary N) is 1. The van der Waals surface area contributed by atoms with E-state index in [0.717, 1.165) is 23.2 Å². The topological polar surface area (TPSA) is 29.1 Å². The number of hydrogen-bond donors (Lipinski definition) is 1. The van der Waals surface area contributed by atoms with E-state index in [-0.39, 0.29) is 11.2 Å². The van der Waals surface area contributed by atoms with Gasteiger partial charge in [-0.25, -0.2) is 0 Å². The molecule has 24 heavy (non-hydrogen) atoms. The summed E-state index contributed by atoms with van der Waals surface area (Å²) >= 11 is 1.69. The average molecular weight is 335 g/mol. The molecule has 2 nitrogen and oxygen atoms in total. The summed E-state index contributed by atoms with van der Waals surface area (Å²) in [7, 11) is 0. The molecule has 3 aromatic carbocycles. The fourth-order valence-corrected chi connectivity index (χ4v) is 3.67. The molecular weight excluding hydrogens is 314 g/mol. The minimum atomic E-state index is -0.0447. The Balaban J connectivity index is 1.64. The summed E-state index contributed by atoms with van der Waals surface area (Å²) in [4.78, 5) is 12.6. The van der Waals surface area contributed by atoms with E-state index in [1.54, 1.807) is 11.8 Å². The molecule has 3 aromatic rings. The van der Waals surface area contributed by atoms with Gasteiger partial charge in [0.1, 0.15) is 0 Å². The van der Waals surface area contributed by atoms with E-state index in [4.69, 9.17) is 0 Å². The molecule has 0 radical (unpaired) electrons. The maximum absolute atomic E-state index is 12.6. The van der Waals surface area contributed by atoms with Crippen LogP contribution in [0.25, 0.3) is 10.8 Å². The largest absolute Gasteiger partial charge is 0.325 e. The van der Waals surface area contributed by atoms with Crippen molar-refractivity contribution < 1.29 is 4.79 Å². The summed E-state index contributed by atoms with van der Waals surface area (Å²) in [5.74, 6) is 0.929. The standard InChI is InChI=1S/C21H21NOS/c1-2-20(24-15-16-8-4-3-5-9-16)21(23)22-19-13-12-17-10-6-7-11-18(17)14-19/h3-14,20H,2,15H2,1H3,(H,22,23). The predicted molar refractivity (Wildman–Crippen MR) is 104 cm³/mol. The first-order valence-electron chi connectivity index (χ1n) is 8.21. The number of thioether (sulfide) groups is 1. The average Bonchev–Trinajstić information content (AvgIpc) is 2.63. The van der Waals surface area contributed by atoms with E-state index in [9.17, 15) is 4.79 Å². The van der Waals surface area contributed by atoms with Gasteiger partial charge in [0.25, 0.3) is 0 Å². The number of amides is 1. The fraction of sp³-hybridized carbons (Fsp3) is 0.190. The quantitative estimate of drug-likeness (QED) is 0.645. The molecule has 3 heteroatoms. The van der Waals surface area contributed by atoms with Crippen molar-refractivity contribution in [1.82, 2.24) is 0 Å².